The first-order chi connectivity index (χ1) is 12.7. The maximum absolute atomic E-state index is 12.2. The third-order valence-corrected chi connectivity index (χ3v) is 3.91. The Balaban J connectivity index is 1.60. The van der Waals surface area contributed by atoms with E-state index in [1.165, 1.54) is 0 Å². The van der Waals surface area contributed by atoms with Gasteiger partial charge in [-0.25, -0.2) is 4.68 Å². The van der Waals surface area contributed by atoms with Gasteiger partial charge in [-0.3, -0.25) is 4.79 Å². The van der Waals surface area contributed by atoms with E-state index in [0.717, 1.165) is 5.56 Å². The Labute approximate surface area is 156 Å². The quantitative estimate of drug-likeness (QED) is 0.689. The van der Waals surface area contributed by atoms with Gasteiger partial charge >= 0.3 is 0 Å². The molecule has 3 rings (SSSR count). The van der Waals surface area contributed by atoms with E-state index in [1.54, 1.807) is 36.2 Å². The summed E-state index contributed by atoms with van der Waals surface area (Å²) in [7, 11) is 1.55. The molecule has 0 aliphatic carbocycles. The van der Waals surface area contributed by atoms with Crippen LogP contribution in [0.5, 0.6) is 11.5 Å². The first-order valence-corrected chi connectivity index (χ1v) is 8.35. The van der Waals surface area contributed by atoms with Gasteiger partial charge in [-0.15, -0.1) is 0 Å². The van der Waals surface area contributed by atoms with E-state index in [0.29, 0.717) is 28.9 Å². The van der Waals surface area contributed by atoms with Crippen LogP contribution in [0.25, 0.3) is 0 Å². The minimum atomic E-state index is -0.284. The van der Waals surface area contributed by atoms with E-state index in [2.05, 4.69) is 10.4 Å². The largest absolute Gasteiger partial charge is 0.493 e. The van der Waals surface area contributed by atoms with Gasteiger partial charge in [0.15, 0.2) is 18.1 Å². The zero-order valence-electron chi connectivity index (χ0n) is 14.2. The highest BCUT2D eigenvalue weighted by Crippen LogP contribution is 2.25. The predicted molar refractivity (Wildman–Crippen MR) is 99.9 cm³/mol. The SMILES string of the molecule is COc1ccccc1OCC(=O)Nc1ccnn1Cc1ccc(Cl)cc1. The van der Waals surface area contributed by atoms with Gasteiger partial charge in [0.25, 0.3) is 5.91 Å². The van der Waals surface area contributed by atoms with Crippen LogP contribution in [0, 0.1) is 0 Å². The molecule has 1 aromatic heterocycles. The molecule has 0 spiro atoms. The van der Waals surface area contributed by atoms with Crippen molar-refractivity contribution in [1.29, 1.82) is 0 Å². The molecule has 7 heteroatoms. The van der Waals surface area contributed by atoms with Crippen molar-refractivity contribution in [3.63, 3.8) is 0 Å². The summed E-state index contributed by atoms with van der Waals surface area (Å²) in [4.78, 5) is 12.2. The lowest BCUT2D eigenvalue weighted by molar-refractivity contribution is -0.118. The lowest BCUT2D eigenvalue weighted by atomic mass is 10.2. The van der Waals surface area contributed by atoms with Crippen LogP contribution < -0.4 is 14.8 Å². The third-order valence-electron chi connectivity index (χ3n) is 3.66. The van der Waals surface area contributed by atoms with Crippen molar-refractivity contribution >= 4 is 23.3 Å². The normalized spacial score (nSPS) is 10.4. The molecule has 0 bridgehead atoms. The van der Waals surface area contributed by atoms with E-state index in [1.807, 2.05) is 36.4 Å². The van der Waals surface area contributed by atoms with Crippen LogP contribution in [0.1, 0.15) is 5.56 Å². The van der Waals surface area contributed by atoms with Gasteiger partial charge in [-0.1, -0.05) is 35.9 Å². The Hall–Kier alpha value is -2.99. The average molecular weight is 372 g/mol. The van der Waals surface area contributed by atoms with Crippen molar-refractivity contribution in [2.45, 2.75) is 6.54 Å². The molecule has 0 aliphatic rings. The first kappa shape index (κ1) is 17.8. The Morgan fingerprint density at radius 2 is 1.85 bits per heavy atom. The van der Waals surface area contributed by atoms with Crippen molar-refractivity contribution in [2.75, 3.05) is 19.0 Å². The Morgan fingerprint density at radius 1 is 1.12 bits per heavy atom. The number of anilines is 1. The molecule has 0 unspecified atom stereocenters. The lowest BCUT2D eigenvalue weighted by Gasteiger charge is -2.11. The number of rotatable bonds is 7. The molecular weight excluding hydrogens is 354 g/mol. The molecule has 0 atom stereocenters. The summed E-state index contributed by atoms with van der Waals surface area (Å²) in [6.07, 6.45) is 1.63. The number of carbonyl (C=O) groups excluding carboxylic acids is 1. The minimum Gasteiger partial charge on any atom is -0.493 e. The second-order valence-corrected chi connectivity index (χ2v) is 5.92. The molecule has 2 aromatic carbocycles. The van der Waals surface area contributed by atoms with E-state index < -0.39 is 0 Å². The highest BCUT2D eigenvalue weighted by Gasteiger charge is 2.10. The van der Waals surface area contributed by atoms with E-state index >= 15 is 0 Å². The molecule has 134 valence electrons. The highest BCUT2D eigenvalue weighted by molar-refractivity contribution is 6.30. The van der Waals surface area contributed by atoms with Crippen LogP contribution in [0.15, 0.2) is 60.8 Å². The van der Waals surface area contributed by atoms with Crippen molar-refractivity contribution in [2.24, 2.45) is 0 Å². The second kappa shape index (κ2) is 8.40. The summed E-state index contributed by atoms with van der Waals surface area (Å²) in [5, 5.41) is 7.72. The zero-order valence-corrected chi connectivity index (χ0v) is 14.9. The van der Waals surface area contributed by atoms with Crippen molar-refractivity contribution in [1.82, 2.24) is 9.78 Å². The predicted octanol–water partition coefficient (Wildman–Crippen LogP) is 3.61. The van der Waals surface area contributed by atoms with E-state index in [9.17, 15) is 4.79 Å². The molecule has 3 aromatic rings. The van der Waals surface area contributed by atoms with Crippen LogP contribution in [-0.4, -0.2) is 29.4 Å². The first-order valence-electron chi connectivity index (χ1n) is 7.97. The number of ether oxygens (including phenoxy) is 2. The summed E-state index contributed by atoms with van der Waals surface area (Å²) in [6, 6.07) is 16.4. The summed E-state index contributed by atoms with van der Waals surface area (Å²) in [6.45, 7) is 0.389. The monoisotopic (exact) mass is 371 g/mol. The molecule has 0 fully saturated rings. The number of para-hydroxylation sites is 2. The minimum absolute atomic E-state index is 0.132. The third kappa shape index (κ3) is 4.55. The fraction of sp³-hybridized carbons (Fsp3) is 0.158. The number of aromatic nitrogens is 2. The molecule has 1 heterocycles. The Kier molecular flexibility index (Phi) is 5.76. The van der Waals surface area contributed by atoms with Gasteiger partial charge < -0.3 is 14.8 Å². The van der Waals surface area contributed by atoms with Gasteiger partial charge in [0.2, 0.25) is 0 Å². The van der Waals surface area contributed by atoms with Crippen LogP contribution in [-0.2, 0) is 11.3 Å². The summed E-state index contributed by atoms with van der Waals surface area (Å²) < 4.78 is 12.4. The molecule has 26 heavy (non-hydrogen) atoms. The number of hydrogen-bond donors (Lipinski definition) is 1. The number of amides is 1. The van der Waals surface area contributed by atoms with Crippen LogP contribution in [0.4, 0.5) is 5.82 Å². The summed E-state index contributed by atoms with van der Waals surface area (Å²) >= 11 is 5.90. The van der Waals surface area contributed by atoms with Gasteiger partial charge in [-0.2, -0.15) is 5.10 Å². The molecule has 1 amide bonds. The number of methoxy groups -OCH3 is 1. The summed E-state index contributed by atoms with van der Waals surface area (Å²) in [5.74, 6) is 1.40. The maximum atomic E-state index is 12.2. The molecule has 0 aliphatic heterocycles. The molecule has 0 saturated carbocycles. The molecule has 0 radical (unpaired) electrons. The number of hydrogen-bond acceptors (Lipinski definition) is 4. The second-order valence-electron chi connectivity index (χ2n) is 5.49. The van der Waals surface area contributed by atoms with Crippen molar-refractivity contribution < 1.29 is 14.3 Å². The van der Waals surface area contributed by atoms with Gasteiger partial charge in [-0.05, 0) is 29.8 Å². The van der Waals surface area contributed by atoms with Crippen LogP contribution in [0.3, 0.4) is 0 Å². The Bertz CT molecular complexity index is 878. The standard InChI is InChI=1S/C19H18ClN3O3/c1-25-16-4-2-3-5-17(16)26-13-19(24)22-18-10-11-21-23(18)12-14-6-8-15(20)9-7-14/h2-11H,12-13H2,1H3,(H,22,24). The van der Waals surface area contributed by atoms with Crippen LogP contribution in [0.2, 0.25) is 5.02 Å². The van der Waals surface area contributed by atoms with Crippen molar-refractivity contribution in [3.05, 3.63) is 71.4 Å². The number of carbonyl (C=O) groups is 1. The van der Waals surface area contributed by atoms with Gasteiger partial charge in [0, 0.05) is 11.1 Å². The molecule has 0 saturated heterocycles. The highest BCUT2D eigenvalue weighted by atomic mass is 35.5. The maximum Gasteiger partial charge on any atom is 0.263 e. The molecule has 1 N–H and O–H groups in total. The van der Waals surface area contributed by atoms with Gasteiger partial charge in [0.1, 0.15) is 5.82 Å². The topological polar surface area (TPSA) is 65.4 Å². The van der Waals surface area contributed by atoms with Crippen LogP contribution >= 0.6 is 11.6 Å². The van der Waals surface area contributed by atoms with E-state index in [-0.39, 0.29) is 12.5 Å². The number of nitrogens with one attached hydrogen (secondary N) is 1. The fourth-order valence-corrected chi connectivity index (χ4v) is 2.51. The number of nitrogens with zero attached hydrogens (tertiary/aromatic N) is 2. The smallest absolute Gasteiger partial charge is 0.263 e. The van der Waals surface area contributed by atoms with E-state index in [4.69, 9.17) is 21.1 Å². The zero-order chi connectivity index (χ0) is 18.4. The van der Waals surface area contributed by atoms with Crippen molar-refractivity contribution in [3.8, 4) is 11.5 Å². The molecule has 6 nitrogen and oxygen atoms in total. The molecular formula is C19H18ClN3O3. The lowest BCUT2D eigenvalue weighted by Crippen LogP contribution is -2.22. The number of benzene rings is 2. The average Bonchev–Trinajstić information content (AvgIpc) is 3.08. The number of halogens is 1. The Morgan fingerprint density at radius 3 is 2.58 bits per heavy atom. The fourth-order valence-electron chi connectivity index (χ4n) is 2.39. The summed E-state index contributed by atoms with van der Waals surface area (Å²) in [5.41, 5.74) is 1.03. The van der Waals surface area contributed by atoms with Gasteiger partial charge in [0.05, 0.1) is 19.9 Å².